The van der Waals surface area contributed by atoms with Crippen LogP contribution >= 0.6 is 0 Å². The van der Waals surface area contributed by atoms with E-state index in [4.69, 9.17) is 14.2 Å². The van der Waals surface area contributed by atoms with E-state index >= 15 is 0 Å². The van der Waals surface area contributed by atoms with Crippen LogP contribution in [0.1, 0.15) is 52.9 Å². The van der Waals surface area contributed by atoms with Gasteiger partial charge in [-0.15, -0.1) is 0 Å². The van der Waals surface area contributed by atoms with Gasteiger partial charge in [0.1, 0.15) is 6.10 Å². The van der Waals surface area contributed by atoms with E-state index < -0.39 is 41.3 Å². The number of Topliss-reactive ketones (excluding diaryl/α,β-unsaturated/α-hetero) is 1. The summed E-state index contributed by atoms with van der Waals surface area (Å²) < 4.78 is 59.1. The summed E-state index contributed by atoms with van der Waals surface area (Å²) in [4.78, 5) is 25.6. The first-order valence-electron chi connectivity index (χ1n) is 9.53. The van der Waals surface area contributed by atoms with Gasteiger partial charge in [0, 0.05) is 25.9 Å². The monoisotopic (exact) mass is 392 g/mol. The summed E-state index contributed by atoms with van der Waals surface area (Å²) in [5.41, 5.74) is -3.11. The number of fused-ring (bicyclic) bond motifs is 1. The molecule has 154 valence electrons. The fourth-order valence-corrected chi connectivity index (χ4v) is 5.18. The molecule has 27 heavy (non-hydrogen) atoms. The minimum absolute atomic E-state index is 0.0283. The number of hydrogen-bond donors (Lipinski definition) is 0. The summed E-state index contributed by atoms with van der Waals surface area (Å²) >= 11 is 0. The zero-order valence-electron chi connectivity index (χ0n) is 16.1. The van der Waals surface area contributed by atoms with Gasteiger partial charge in [0.05, 0.1) is 6.10 Å². The van der Waals surface area contributed by atoms with Gasteiger partial charge in [0.2, 0.25) is 11.2 Å². The van der Waals surface area contributed by atoms with Crippen molar-refractivity contribution in [2.45, 2.75) is 77.0 Å². The van der Waals surface area contributed by atoms with Gasteiger partial charge >= 0.3 is 12.1 Å². The number of methoxy groups -OCH3 is 1. The van der Waals surface area contributed by atoms with Crippen molar-refractivity contribution in [1.82, 2.24) is 0 Å². The molecule has 3 aliphatic rings. The van der Waals surface area contributed by atoms with Gasteiger partial charge in [-0.3, -0.25) is 9.59 Å². The van der Waals surface area contributed by atoms with Crippen LogP contribution in [0.4, 0.5) is 13.2 Å². The molecular formula is C19H27F3O5. The molecule has 1 spiro atoms. The van der Waals surface area contributed by atoms with Gasteiger partial charge in [-0.1, -0.05) is 20.8 Å². The lowest BCUT2D eigenvalue weighted by molar-refractivity contribution is -0.383. The van der Waals surface area contributed by atoms with E-state index in [0.29, 0.717) is 6.42 Å². The van der Waals surface area contributed by atoms with E-state index in [2.05, 4.69) is 0 Å². The summed E-state index contributed by atoms with van der Waals surface area (Å²) in [7, 11) is 1.11. The Labute approximate surface area is 156 Å². The van der Waals surface area contributed by atoms with Crippen molar-refractivity contribution in [2.24, 2.45) is 23.2 Å². The quantitative estimate of drug-likeness (QED) is 0.672. The number of halogens is 3. The first kappa shape index (κ1) is 20.6. The molecule has 2 aliphatic carbocycles. The lowest BCUT2D eigenvalue weighted by Crippen LogP contribution is -2.73. The molecule has 0 bridgehead atoms. The molecule has 0 unspecified atom stereocenters. The zero-order chi connectivity index (χ0) is 20.2. The molecule has 0 radical (unpaired) electrons. The predicted molar refractivity (Wildman–Crippen MR) is 88.6 cm³/mol. The molecular weight excluding hydrogens is 365 g/mol. The van der Waals surface area contributed by atoms with E-state index in [1.165, 1.54) is 0 Å². The second kappa shape index (κ2) is 6.72. The van der Waals surface area contributed by atoms with Gasteiger partial charge < -0.3 is 14.2 Å². The van der Waals surface area contributed by atoms with Crippen molar-refractivity contribution in [3.8, 4) is 0 Å². The number of esters is 1. The highest BCUT2D eigenvalue weighted by molar-refractivity contribution is 5.94. The van der Waals surface area contributed by atoms with Crippen LogP contribution in [0, 0.1) is 23.2 Å². The molecule has 6 atom stereocenters. The topological polar surface area (TPSA) is 61.8 Å². The number of ketones is 1. The SMILES string of the molecule is CO[C@@H]1CCC(=O)[C@@H]2O[C@@]3(C[C@H](C)CC[C@H]3C(C)C)OC(=O)[C@]12C(F)(F)F. The van der Waals surface area contributed by atoms with Gasteiger partial charge in [0.25, 0.3) is 0 Å². The van der Waals surface area contributed by atoms with E-state index in [9.17, 15) is 22.8 Å². The minimum Gasteiger partial charge on any atom is -0.432 e. The lowest BCUT2D eigenvalue weighted by atomic mass is 9.65. The summed E-state index contributed by atoms with van der Waals surface area (Å²) in [6.07, 6.45) is -6.95. The second-order valence-corrected chi connectivity index (χ2v) is 8.53. The molecule has 0 aromatic rings. The number of hydrogen-bond acceptors (Lipinski definition) is 5. The third kappa shape index (κ3) is 2.90. The van der Waals surface area contributed by atoms with Crippen molar-refractivity contribution in [3.63, 3.8) is 0 Å². The maximum Gasteiger partial charge on any atom is 0.410 e. The highest BCUT2D eigenvalue weighted by Crippen LogP contribution is 2.58. The lowest BCUT2D eigenvalue weighted by Gasteiger charge is -2.57. The summed E-state index contributed by atoms with van der Waals surface area (Å²) in [6.45, 7) is 5.79. The van der Waals surface area contributed by atoms with Crippen LogP contribution in [-0.4, -0.2) is 43.0 Å². The van der Waals surface area contributed by atoms with Gasteiger partial charge in [-0.2, -0.15) is 13.2 Å². The average Bonchev–Trinajstić information content (AvgIpc) is 2.54. The van der Waals surface area contributed by atoms with Crippen molar-refractivity contribution in [1.29, 1.82) is 0 Å². The van der Waals surface area contributed by atoms with Crippen LogP contribution in [0.25, 0.3) is 0 Å². The number of ether oxygens (including phenoxy) is 3. The Balaban J connectivity index is 2.11. The van der Waals surface area contributed by atoms with E-state index in [-0.39, 0.29) is 37.0 Å². The smallest absolute Gasteiger partial charge is 0.410 e. The molecule has 1 aliphatic heterocycles. The molecule has 5 nitrogen and oxygen atoms in total. The molecule has 3 fully saturated rings. The van der Waals surface area contributed by atoms with E-state index in [1.807, 2.05) is 20.8 Å². The van der Waals surface area contributed by atoms with Crippen molar-refractivity contribution < 1.29 is 37.0 Å². The zero-order valence-corrected chi connectivity index (χ0v) is 16.1. The molecule has 0 aromatic heterocycles. The van der Waals surface area contributed by atoms with Gasteiger partial charge in [-0.25, -0.2) is 0 Å². The highest BCUT2D eigenvalue weighted by Gasteiger charge is 2.78. The Bertz CT molecular complexity index is 619. The second-order valence-electron chi connectivity index (χ2n) is 8.53. The Morgan fingerprint density at radius 2 is 1.85 bits per heavy atom. The number of carbonyl (C=O) groups is 2. The Hall–Kier alpha value is -1.15. The summed E-state index contributed by atoms with van der Waals surface area (Å²) in [6, 6.07) is 0. The predicted octanol–water partition coefficient (Wildman–Crippen LogP) is 3.64. The Morgan fingerprint density at radius 1 is 1.19 bits per heavy atom. The summed E-state index contributed by atoms with van der Waals surface area (Å²) in [5, 5.41) is 0. The normalized spacial score (nSPS) is 43.0. The first-order valence-corrected chi connectivity index (χ1v) is 9.53. The maximum absolute atomic E-state index is 14.2. The van der Waals surface area contributed by atoms with Crippen LogP contribution < -0.4 is 0 Å². The standard InChI is InChI=1S/C19H27F3O5/c1-10(2)12-6-5-11(3)9-17(12)26-15-13(23)7-8-14(25-4)18(15,16(24)27-17)19(20,21)22/h10-12,14-15H,5-9H2,1-4H3/t11-,12+,14-,15+,17+,18+/m1/s1. The van der Waals surface area contributed by atoms with Crippen LogP contribution in [0.3, 0.4) is 0 Å². The third-order valence-corrected chi connectivity index (χ3v) is 6.51. The molecule has 3 rings (SSSR count). The van der Waals surface area contributed by atoms with Crippen LogP contribution in [0.15, 0.2) is 0 Å². The third-order valence-electron chi connectivity index (χ3n) is 6.51. The van der Waals surface area contributed by atoms with Crippen LogP contribution in [-0.2, 0) is 23.8 Å². The van der Waals surface area contributed by atoms with Crippen molar-refractivity contribution in [2.75, 3.05) is 7.11 Å². The fourth-order valence-electron chi connectivity index (χ4n) is 5.18. The molecule has 1 heterocycles. The molecule has 0 N–H and O–H groups in total. The molecule has 2 saturated carbocycles. The van der Waals surface area contributed by atoms with Crippen molar-refractivity contribution in [3.05, 3.63) is 0 Å². The number of carbonyl (C=O) groups excluding carboxylic acids is 2. The largest absolute Gasteiger partial charge is 0.432 e. The number of rotatable bonds is 2. The molecule has 1 saturated heterocycles. The fraction of sp³-hybridized carbons (Fsp3) is 0.895. The van der Waals surface area contributed by atoms with Gasteiger partial charge in [0.15, 0.2) is 5.78 Å². The minimum atomic E-state index is -5.03. The van der Waals surface area contributed by atoms with Crippen LogP contribution in [0.5, 0.6) is 0 Å². The number of alkyl halides is 3. The Morgan fingerprint density at radius 3 is 2.41 bits per heavy atom. The summed E-state index contributed by atoms with van der Waals surface area (Å²) in [5.74, 6) is -3.76. The van der Waals surface area contributed by atoms with E-state index in [1.54, 1.807) is 0 Å². The maximum atomic E-state index is 14.2. The van der Waals surface area contributed by atoms with E-state index in [0.717, 1.165) is 13.5 Å². The molecule has 8 heteroatoms. The molecule has 0 amide bonds. The van der Waals surface area contributed by atoms with Crippen LogP contribution in [0.2, 0.25) is 0 Å². The molecule has 0 aromatic carbocycles. The average molecular weight is 392 g/mol. The van der Waals surface area contributed by atoms with Gasteiger partial charge in [-0.05, 0) is 31.1 Å². The highest BCUT2D eigenvalue weighted by atomic mass is 19.4. The first-order chi connectivity index (χ1) is 12.5. The Kier molecular flexibility index (Phi) is 5.13. The van der Waals surface area contributed by atoms with Crippen molar-refractivity contribution >= 4 is 11.8 Å².